The lowest BCUT2D eigenvalue weighted by Crippen LogP contribution is -2.36. The smallest absolute Gasteiger partial charge is 0.338 e. The van der Waals surface area contributed by atoms with Crippen molar-refractivity contribution >= 4 is 39.5 Å². The monoisotopic (exact) mass is 468 g/mol. The summed E-state index contributed by atoms with van der Waals surface area (Å²) in [5, 5.41) is 6.06. The topological polar surface area (TPSA) is 76.7 Å². The minimum atomic E-state index is -0.355. The number of urea groups is 1. The van der Waals surface area contributed by atoms with E-state index in [1.54, 1.807) is 43.3 Å². The summed E-state index contributed by atoms with van der Waals surface area (Å²) in [6.45, 7) is 3.37. The number of nitrogens with one attached hydrogen (secondary N) is 2. The second kappa shape index (κ2) is 11.6. The Labute approximate surface area is 177 Å². The lowest BCUT2D eigenvalue weighted by Gasteiger charge is -2.10. The van der Waals surface area contributed by atoms with Crippen molar-refractivity contribution in [2.45, 2.75) is 19.9 Å². The molecule has 0 radical (unpaired) electrons. The zero-order valence-electron chi connectivity index (χ0n) is 15.5. The zero-order chi connectivity index (χ0) is 20.4. The minimum Gasteiger partial charge on any atom is -0.492 e. The molecule has 2 aromatic rings. The standard InChI is InChI=1S/C20H22BrClN2O4/c1-2-27-19(25)15-6-4-14(5-7-15)13-24-20(26)23-10-3-11-28-18-9-8-16(21)12-17(18)22/h4-9,12H,2-3,10-11,13H2,1H3,(H2,23,24,26). The predicted octanol–water partition coefficient (Wildman–Crippen LogP) is 4.55. The Bertz CT molecular complexity index is 799. The number of carbonyl (C=O) groups is 2. The normalized spacial score (nSPS) is 10.2. The van der Waals surface area contributed by atoms with Gasteiger partial charge < -0.3 is 20.1 Å². The van der Waals surface area contributed by atoms with Crippen molar-refractivity contribution in [1.82, 2.24) is 10.6 Å². The molecule has 0 unspecified atom stereocenters. The van der Waals surface area contributed by atoms with E-state index in [0.717, 1.165) is 10.0 Å². The number of rotatable bonds is 9. The highest BCUT2D eigenvalue weighted by Crippen LogP contribution is 2.27. The van der Waals surface area contributed by atoms with Crippen LogP contribution in [0.15, 0.2) is 46.9 Å². The van der Waals surface area contributed by atoms with Crippen molar-refractivity contribution in [2.75, 3.05) is 19.8 Å². The Morgan fingerprint density at radius 3 is 2.54 bits per heavy atom. The number of amides is 2. The Kier molecular flexibility index (Phi) is 9.10. The number of ether oxygens (including phenoxy) is 2. The predicted molar refractivity (Wildman–Crippen MR) is 112 cm³/mol. The highest BCUT2D eigenvalue weighted by atomic mass is 79.9. The molecule has 2 rings (SSSR count). The van der Waals surface area contributed by atoms with Crippen LogP contribution in [0.4, 0.5) is 4.79 Å². The van der Waals surface area contributed by atoms with Crippen LogP contribution in [0.5, 0.6) is 5.75 Å². The van der Waals surface area contributed by atoms with Crippen molar-refractivity contribution in [3.05, 3.63) is 63.1 Å². The maximum atomic E-state index is 11.8. The SMILES string of the molecule is CCOC(=O)c1ccc(CNC(=O)NCCCOc2ccc(Br)cc2Cl)cc1. The second-order valence-electron chi connectivity index (χ2n) is 5.80. The molecular weight excluding hydrogens is 448 g/mol. The lowest BCUT2D eigenvalue weighted by atomic mass is 10.1. The van der Waals surface area contributed by atoms with Gasteiger partial charge in [0, 0.05) is 17.6 Å². The van der Waals surface area contributed by atoms with E-state index < -0.39 is 0 Å². The molecule has 0 saturated carbocycles. The molecule has 0 heterocycles. The fourth-order valence-electron chi connectivity index (χ4n) is 2.27. The van der Waals surface area contributed by atoms with Crippen LogP contribution in [0, 0.1) is 0 Å². The van der Waals surface area contributed by atoms with Gasteiger partial charge >= 0.3 is 12.0 Å². The van der Waals surface area contributed by atoms with E-state index >= 15 is 0 Å². The maximum Gasteiger partial charge on any atom is 0.338 e. The van der Waals surface area contributed by atoms with Crippen LogP contribution in [-0.4, -0.2) is 31.8 Å². The quantitative estimate of drug-likeness (QED) is 0.417. The van der Waals surface area contributed by atoms with Gasteiger partial charge in [0.15, 0.2) is 0 Å². The third kappa shape index (κ3) is 7.40. The number of benzene rings is 2. The van der Waals surface area contributed by atoms with E-state index in [9.17, 15) is 9.59 Å². The highest BCUT2D eigenvalue weighted by Gasteiger charge is 2.06. The summed E-state index contributed by atoms with van der Waals surface area (Å²) < 4.78 is 11.4. The van der Waals surface area contributed by atoms with Crippen molar-refractivity contribution in [2.24, 2.45) is 0 Å². The summed E-state index contributed by atoms with van der Waals surface area (Å²) in [5.41, 5.74) is 1.37. The summed E-state index contributed by atoms with van der Waals surface area (Å²) >= 11 is 9.41. The summed E-state index contributed by atoms with van der Waals surface area (Å²) in [6, 6.07) is 12.1. The Morgan fingerprint density at radius 2 is 1.86 bits per heavy atom. The van der Waals surface area contributed by atoms with E-state index in [4.69, 9.17) is 21.1 Å². The molecule has 0 fully saturated rings. The molecule has 8 heteroatoms. The van der Waals surface area contributed by atoms with Crippen LogP contribution in [0.25, 0.3) is 0 Å². The third-order valence-electron chi connectivity index (χ3n) is 3.68. The van der Waals surface area contributed by atoms with E-state index in [2.05, 4.69) is 26.6 Å². The van der Waals surface area contributed by atoms with Gasteiger partial charge in [-0.05, 0) is 49.2 Å². The minimum absolute atomic E-state index is 0.267. The fourth-order valence-corrected chi connectivity index (χ4v) is 2.99. The van der Waals surface area contributed by atoms with E-state index in [1.807, 2.05) is 6.07 Å². The van der Waals surface area contributed by atoms with Crippen LogP contribution in [0.1, 0.15) is 29.3 Å². The van der Waals surface area contributed by atoms with Crippen molar-refractivity contribution in [3.63, 3.8) is 0 Å². The number of esters is 1. The molecule has 2 N–H and O–H groups in total. The molecule has 0 aliphatic rings. The zero-order valence-corrected chi connectivity index (χ0v) is 17.8. The molecule has 0 aromatic heterocycles. The van der Waals surface area contributed by atoms with Gasteiger partial charge in [0.25, 0.3) is 0 Å². The number of hydrogen-bond acceptors (Lipinski definition) is 4. The van der Waals surface area contributed by atoms with Crippen molar-refractivity contribution in [3.8, 4) is 5.75 Å². The molecule has 0 saturated heterocycles. The lowest BCUT2D eigenvalue weighted by molar-refractivity contribution is 0.0526. The summed E-state index contributed by atoms with van der Waals surface area (Å²) in [4.78, 5) is 23.4. The van der Waals surface area contributed by atoms with Gasteiger partial charge in [-0.25, -0.2) is 9.59 Å². The molecule has 0 aliphatic heterocycles. The first kappa shape index (κ1) is 22.0. The Balaban J connectivity index is 1.63. The van der Waals surface area contributed by atoms with E-state index in [0.29, 0.717) is 49.1 Å². The van der Waals surface area contributed by atoms with Crippen LogP contribution in [0.2, 0.25) is 5.02 Å². The van der Waals surface area contributed by atoms with E-state index in [-0.39, 0.29) is 12.0 Å². The molecule has 2 amide bonds. The average Bonchev–Trinajstić information content (AvgIpc) is 2.68. The molecule has 0 aliphatic carbocycles. The Hall–Kier alpha value is -2.25. The molecule has 0 spiro atoms. The van der Waals surface area contributed by atoms with Gasteiger partial charge in [0.1, 0.15) is 5.75 Å². The maximum absolute atomic E-state index is 11.8. The van der Waals surface area contributed by atoms with Crippen LogP contribution >= 0.6 is 27.5 Å². The molecule has 150 valence electrons. The summed E-state index contributed by atoms with van der Waals surface area (Å²) in [6.07, 6.45) is 0.647. The van der Waals surface area contributed by atoms with Gasteiger partial charge in [0.05, 0.1) is 23.8 Å². The number of hydrogen-bond donors (Lipinski definition) is 2. The number of carbonyl (C=O) groups excluding carboxylic acids is 2. The van der Waals surface area contributed by atoms with Crippen LogP contribution < -0.4 is 15.4 Å². The van der Waals surface area contributed by atoms with E-state index in [1.165, 1.54) is 0 Å². The van der Waals surface area contributed by atoms with Gasteiger partial charge in [-0.1, -0.05) is 39.7 Å². The average molecular weight is 470 g/mol. The summed E-state index contributed by atoms with van der Waals surface area (Å²) in [7, 11) is 0. The van der Waals surface area contributed by atoms with Crippen LogP contribution in [-0.2, 0) is 11.3 Å². The molecule has 28 heavy (non-hydrogen) atoms. The van der Waals surface area contributed by atoms with Gasteiger partial charge in [-0.3, -0.25) is 0 Å². The molecule has 0 bridgehead atoms. The first-order valence-electron chi connectivity index (χ1n) is 8.85. The fraction of sp³-hybridized carbons (Fsp3) is 0.300. The third-order valence-corrected chi connectivity index (χ3v) is 4.46. The van der Waals surface area contributed by atoms with Gasteiger partial charge in [-0.2, -0.15) is 0 Å². The van der Waals surface area contributed by atoms with Gasteiger partial charge in [-0.15, -0.1) is 0 Å². The van der Waals surface area contributed by atoms with Gasteiger partial charge in [0.2, 0.25) is 0 Å². The second-order valence-corrected chi connectivity index (χ2v) is 7.13. The summed E-state index contributed by atoms with van der Waals surface area (Å²) in [5.74, 6) is 0.256. The number of halogens is 2. The largest absolute Gasteiger partial charge is 0.492 e. The molecule has 6 nitrogen and oxygen atoms in total. The first-order valence-corrected chi connectivity index (χ1v) is 10.0. The van der Waals surface area contributed by atoms with Crippen molar-refractivity contribution < 1.29 is 19.1 Å². The van der Waals surface area contributed by atoms with Crippen LogP contribution in [0.3, 0.4) is 0 Å². The molecular formula is C20H22BrClN2O4. The van der Waals surface area contributed by atoms with Crippen molar-refractivity contribution in [1.29, 1.82) is 0 Å². The first-order chi connectivity index (χ1) is 13.5. The Morgan fingerprint density at radius 1 is 1.11 bits per heavy atom. The molecule has 0 atom stereocenters. The highest BCUT2D eigenvalue weighted by molar-refractivity contribution is 9.10. The molecule has 2 aromatic carbocycles.